The third kappa shape index (κ3) is 7.28. The second kappa shape index (κ2) is 11.5. The van der Waals surface area contributed by atoms with Crippen molar-refractivity contribution in [2.75, 3.05) is 18.4 Å². The van der Waals surface area contributed by atoms with E-state index < -0.39 is 11.9 Å². The largest absolute Gasteiger partial charge is 0.481 e. The summed E-state index contributed by atoms with van der Waals surface area (Å²) in [5.41, 5.74) is 5.66. The standard InChI is InChI=1S/C18H19N3.C4H6O4/c1-19-17-8-7-15-9-11-20-12-10-16(15)18(17)21-13-14-5-3-2-4-6-14;5-3(6)1-2-4(7)8/h2-8,20-21H,9-13H2;1-2H2,(H,5,6)(H,7,8). The molecule has 1 aliphatic rings. The van der Waals surface area contributed by atoms with Crippen molar-refractivity contribution >= 4 is 23.3 Å². The number of benzene rings is 2. The smallest absolute Gasteiger partial charge is 0.303 e. The molecule has 0 radical (unpaired) electrons. The summed E-state index contributed by atoms with van der Waals surface area (Å²) in [5.74, 6) is -2.15. The highest BCUT2D eigenvalue weighted by Crippen LogP contribution is 2.33. The normalized spacial score (nSPS) is 12.4. The maximum atomic E-state index is 9.64. The molecule has 0 fully saturated rings. The van der Waals surface area contributed by atoms with Gasteiger partial charge in [-0.2, -0.15) is 0 Å². The molecule has 0 unspecified atom stereocenters. The van der Waals surface area contributed by atoms with Crippen LogP contribution in [0.25, 0.3) is 4.85 Å². The summed E-state index contributed by atoms with van der Waals surface area (Å²) >= 11 is 0. The van der Waals surface area contributed by atoms with Crippen molar-refractivity contribution in [3.05, 3.63) is 70.6 Å². The van der Waals surface area contributed by atoms with Crippen molar-refractivity contribution in [3.8, 4) is 0 Å². The number of nitrogens with one attached hydrogen (secondary N) is 2. The minimum absolute atomic E-state index is 0.296. The van der Waals surface area contributed by atoms with E-state index in [1.165, 1.54) is 16.7 Å². The number of carboxylic acids is 2. The van der Waals surface area contributed by atoms with Gasteiger partial charge in [0.25, 0.3) is 0 Å². The van der Waals surface area contributed by atoms with E-state index in [1.807, 2.05) is 24.3 Å². The minimum atomic E-state index is -1.08. The van der Waals surface area contributed by atoms with E-state index in [9.17, 15) is 9.59 Å². The van der Waals surface area contributed by atoms with Gasteiger partial charge < -0.3 is 20.8 Å². The van der Waals surface area contributed by atoms with Crippen LogP contribution in [0.2, 0.25) is 0 Å². The number of hydrogen-bond acceptors (Lipinski definition) is 4. The molecule has 0 aliphatic carbocycles. The van der Waals surface area contributed by atoms with Crippen LogP contribution >= 0.6 is 0 Å². The van der Waals surface area contributed by atoms with Crippen molar-refractivity contribution in [1.82, 2.24) is 5.32 Å². The quantitative estimate of drug-likeness (QED) is 0.559. The molecule has 0 aromatic heterocycles. The Morgan fingerprint density at radius 1 is 1.00 bits per heavy atom. The number of fused-ring (bicyclic) bond motifs is 1. The van der Waals surface area contributed by atoms with Crippen LogP contribution in [0.4, 0.5) is 11.4 Å². The molecule has 2 aromatic carbocycles. The minimum Gasteiger partial charge on any atom is -0.481 e. The van der Waals surface area contributed by atoms with Gasteiger partial charge in [-0.1, -0.05) is 42.5 Å². The summed E-state index contributed by atoms with van der Waals surface area (Å²) in [6.45, 7) is 10.2. The van der Waals surface area contributed by atoms with Crippen LogP contribution in [0.15, 0.2) is 42.5 Å². The number of carboxylic acid groups (broad SMARTS) is 2. The number of carbonyl (C=O) groups is 2. The second-order valence-electron chi connectivity index (χ2n) is 6.59. The Hall–Kier alpha value is -3.37. The van der Waals surface area contributed by atoms with Gasteiger partial charge in [0.2, 0.25) is 5.69 Å². The molecule has 0 saturated carbocycles. The first-order valence-corrected chi connectivity index (χ1v) is 9.45. The summed E-state index contributed by atoms with van der Waals surface area (Å²) in [6.07, 6.45) is 1.42. The molecule has 0 saturated heterocycles. The van der Waals surface area contributed by atoms with Gasteiger partial charge in [-0.05, 0) is 42.6 Å². The fourth-order valence-electron chi connectivity index (χ4n) is 3.05. The molecule has 0 atom stereocenters. The van der Waals surface area contributed by atoms with Gasteiger partial charge in [0.15, 0.2) is 0 Å². The number of hydrogen-bond donors (Lipinski definition) is 4. The summed E-state index contributed by atoms with van der Waals surface area (Å²) in [5, 5.41) is 22.7. The lowest BCUT2D eigenvalue weighted by molar-refractivity contribution is -0.143. The highest BCUT2D eigenvalue weighted by molar-refractivity contribution is 5.75. The van der Waals surface area contributed by atoms with Crippen molar-refractivity contribution < 1.29 is 19.8 Å². The van der Waals surface area contributed by atoms with Crippen LogP contribution in [0.3, 0.4) is 0 Å². The highest BCUT2D eigenvalue weighted by Gasteiger charge is 2.15. The average molecular weight is 395 g/mol. The zero-order valence-corrected chi connectivity index (χ0v) is 16.1. The van der Waals surface area contributed by atoms with Gasteiger partial charge in [-0.15, -0.1) is 0 Å². The molecule has 7 nitrogen and oxygen atoms in total. The molecule has 0 bridgehead atoms. The van der Waals surface area contributed by atoms with Gasteiger partial charge in [0.1, 0.15) is 0 Å². The van der Waals surface area contributed by atoms with Crippen molar-refractivity contribution in [1.29, 1.82) is 0 Å². The monoisotopic (exact) mass is 395 g/mol. The van der Waals surface area contributed by atoms with E-state index >= 15 is 0 Å². The van der Waals surface area contributed by atoms with Gasteiger partial charge in [-0.3, -0.25) is 9.59 Å². The first-order valence-electron chi connectivity index (χ1n) is 9.45. The molecule has 0 amide bonds. The van der Waals surface area contributed by atoms with E-state index in [0.717, 1.165) is 43.9 Å². The van der Waals surface area contributed by atoms with E-state index in [1.54, 1.807) is 0 Å². The fourth-order valence-corrected chi connectivity index (χ4v) is 3.05. The zero-order valence-electron chi connectivity index (χ0n) is 16.1. The van der Waals surface area contributed by atoms with Crippen LogP contribution in [0.5, 0.6) is 0 Å². The molecule has 1 heterocycles. The Bertz CT molecular complexity index is 862. The van der Waals surface area contributed by atoms with E-state index in [0.29, 0.717) is 0 Å². The molecule has 2 aromatic rings. The second-order valence-corrected chi connectivity index (χ2v) is 6.59. The predicted molar refractivity (Wildman–Crippen MR) is 111 cm³/mol. The molecule has 3 rings (SSSR count). The van der Waals surface area contributed by atoms with E-state index in [4.69, 9.17) is 16.8 Å². The van der Waals surface area contributed by atoms with Gasteiger partial charge in [0, 0.05) is 12.2 Å². The van der Waals surface area contributed by atoms with Crippen molar-refractivity contribution in [2.45, 2.75) is 32.2 Å². The Balaban J connectivity index is 0.000000321. The lowest BCUT2D eigenvalue weighted by atomic mass is 9.99. The molecular weight excluding hydrogens is 370 g/mol. The molecular formula is C22H25N3O4. The summed E-state index contributed by atoms with van der Waals surface area (Å²) in [4.78, 5) is 23.0. The van der Waals surface area contributed by atoms with Crippen molar-refractivity contribution in [3.63, 3.8) is 0 Å². The summed E-state index contributed by atoms with van der Waals surface area (Å²) in [7, 11) is 0. The number of anilines is 1. The van der Waals surface area contributed by atoms with Crippen LogP contribution in [-0.2, 0) is 29.0 Å². The molecule has 7 heteroatoms. The van der Waals surface area contributed by atoms with E-state index in [-0.39, 0.29) is 12.8 Å². The topological polar surface area (TPSA) is 103 Å². The third-order valence-corrected chi connectivity index (χ3v) is 4.50. The van der Waals surface area contributed by atoms with Gasteiger partial charge in [0.05, 0.1) is 19.4 Å². The number of rotatable bonds is 6. The summed E-state index contributed by atoms with van der Waals surface area (Å²) in [6, 6.07) is 14.4. The van der Waals surface area contributed by atoms with Crippen LogP contribution in [0, 0.1) is 6.57 Å². The lowest BCUT2D eigenvalue weighted by Crippen LogP contribution is -2.16. The predicted octanol–water partition coefficient (Wildman–Crippen LogP) is 3.47. The molecule has 0 spiro atoms. The van der Waals surface area contributed by atoms with E-state index in [2.05, 4.69) is 33.7 Å². The summed E-state index contributed by atoms with van der Waals surface area (Å²) < 4.78 is 0. The van der Waals surface area contributed by atoms with Crippen molar-refractivity contribution in [2.24, 2.45) is 0 Å². The SMILES string of the molecule is O=C(O)CCC(=O)O.[C-]#[N+]c1ccc2c(c1NCc1ccccc1)CCNCC2. The number of nitrogens with zero attached hydrogens (tertiary/aromatic N) is 1. The highest BCUT2D eigenvalue weighted by atomic mass is 16.4. The third-order valence-electron chi connectivity index (χ3n) is 4.50. The van der Waals surface area contributed by atoms with Gasteiger partial charge in [-0.25, -0.2) is 4.85 Å². The first kappa shape index (κ1) is 21.9. The van der Waals surface area contributed by atoms with Crippen LogP contribution in [-0.4, -0.2) is 35.2 Å². The average Bonchev–Trinajstić information content (AvgIpc) is 2.97. The Kier molecular flexibility index (Phi) is 8.67. The molecule has 152 valence electrons. The van der Waals surface area contributed by atoms with Crippen LogP contribution in [0.1, 0.15) is 29.5 Å². The Morgan fingerprint density at radius 2 is 1.66 bits per heavy atom. The van der Waals surface area contributed by atoms with Crippen LogP contribution < -0.4 is 10.6 Å². The Morgan fingerprint density at radius 3 is 2.28 bits per heavy atom. The maximum absolute atomic E-state index is 9.64. The molecule has 1 aliphatic heterocycles. The molecule has 29 heavy (non-hydrogen) atoms. The van der Waals surface area contributed by atoms with Gasteiger partial charge >= 0.3 is 11.9 Å². The Labute approximate surface area is 170 Å². The number of aliphatic carboxylic acids is 2. The first-order chi connectivity index (χ1) is 14.0. The fraction of sp³-hybridized carbons (Fsp3) is 0.318. The lowest BCUT2D eigenvalue weighted by Gasteiger charge is -2.16. The zero-order chi connectivity index (χ0) is 21.1. The maximum Gasteiger partial charge on any atom is 0.303 e. The molecule has 4 N–H and O–H groups in total.